The zero-order chi connectivity index (χ0) is 14.5. The number of hydrogen-bond acceptors (Lipinski definition) is 1. The minimum Gasteiger partial charge on any atom is -0.370 e. The summed E-state index contributed by atoms with van der Waals surface area (Å²) >= 11 is 0. The van der Waals surface area contributed by atoms with Crippen molar-refractivity contribution >= 4 is 5.96 Å². The summed E-state index contributed by atoms with van der Waals surface area (Å²) in [4.78, 5) is 6.39. The van der Waals surface area contributed by atoms with E-state index in [9.17, 15) is 4.39 Å². The topological polar surface area (TPSA) is 41.6 Å². The van der Waals surface area contributed by atoms with Crippen LogP contribution in [0.2, 0.25) is 0 Å². The molecule has 1 aromatic carbocycles. The van der Waals surface area contributed by atoms with Gasteiger partial charge < -0.3 is 10.6 Å². The molecule has 106 valence electrons. The number of rotatable bonds is 5. The Hall–Kier alpha value is -1.58. The number of benzene rings is 1. The summed E-state index contributed by atoms with van der Waals surface area (Å²) in [7, 11) is 0. The van der Waals surface area contributed by atoms with Crippen LogP contribution in [0, 0.1) is 5.82 Å². The number of hydrogen-bond donors (Lipinski definition) is 1. The fraction of sp³-hybridized carbons (Fsp3) is 0.533. The van der Waals surface area contributed by atoms with Gasteiger partial charge in [0.25, 0.3) is 0 Å². The predicted molar refractivity (Wildman–Crippen MR) is 78.8 cm³/mol. The molecule has 0 heterocycles. The molecule has 0 atom stereocenters. The summed E-state index contributed by atoms with van der Waals surface area (Å²) in [6.07, 6.45) is 0. The summed E-state index contributed by atoms with van der Waals surface area (Å²) < 4.78 is 13.8. The summed E-state index contributed by atoms with van der Waals surface area (Å²) in [5.41, 5.74) is 6.24. The van der Waals surface area contributed by atoms with E-state index in [1.165, 1.54) is 6.07 Å². The lowest BCUT2D eigenvalue weighted by molar-refractivity contribution is 0.448. The average molecular weight is 265 g/mol. The van der Waals surface area contributed by atoms with Crippen LogP contribution >= 0.6 is 0 Å². The maximum absolute atomic E-state index is 13.8. The van der Waals surface area contributed by atoms with E-state index in [2.05, 4.69) is 4.99 Å². The second kappa shape index (κ2) is 6.55. The van der Waals surface area contributed by atoms with Gasteiger partial charge in [0, 0.05) is 18.5 Å². The lowest BCUT2D eigenvalue weighted by atomic mass is 9.84. The molecule has 1 rings (SSSR count). The van der Waals surface area contributed by atoms with Crippen LogP contribution in [-0.2, 0) is 5.41 Å². The molecule has 0 fully saturated rings. The first-order valence-electron chi connectivity index (χ1n) is 6.72. The molecule has 3 nitrogen and oxygen atoms in total. The molecule has 0 unspecified atom stereocenters. The van der Waals surface area contributed by atoms with Crippen molar-refractivity contribution in [3.63, 3.8) is 0 Å². The lowest BCUT2D eigenvalue weighted by Crippen LogP contribution is -2.38. The average Bonchev–Trinajstić information content (AvgIpc) is 2.38. The molecule has 0 bridgehead atoms. The smallest absolute Gasteiger partial charge is 0.191 e. The number of nitrogens with zero attached hydrogens (tertiary/aromatic N) is 2. The van der Waals surface area contributed by atoms with E-state index in [0.29, 0.717) is 18.1 Å². The third-order valence-corrected chi connectivity index (χ3v) is 3.33. The Balaban J connectivity index is 2.86. The van der Waals surface area contributed by atoms with Gasteiger partial charge >= 0.3 is 0 Å². The SMILES string of the molecule is CCN(CC)C(N)=NCC(C)(C)c1ccccc1F. The van der Waals surface area contributed by atoms with Gasteiger partial charge in [-0.2, -0.15) is 0 Å². The van der Waals surface area contributed by atoms with Crippen molar-refractivity contribution in [3.8, 4) is 0 Å². The third-order valence-electron chi connectivity index (χ3n) is 3.33. The summed E-state index contributed by atoms with van der Waals surface area (Å²) in [5.74, 6) is 0.332. The predicted octanol–water partition coefficient (Wildman–Crippen LogP) is 2.76. The Morgan fingerprint density at radius 2 is 1.84 bits per heavy atom. The minimum absolute atomic E-state index is 0.191. The van der Waals surface area contributed by atoms with E-state index in [1.54, 1.807) is 12.1 Å². The van der Waals surface area contributed by atoms with E-state index in [0.717, 1.165) is 13.1 Å². The quantitative estimate of drug-likeness (QED) is 0.657. The molecule has 0 saturated heterocycles. The fourth-order valence-corrected chi connectivity index (χ4v) is 2.02. The van der Waals surface area contributed by atoms with Gasteiger partial charge in [0.2, 0.25) is 0 Å². The van der Waals surface area contributed by atoms with Crippen molar-refractivity contribution in [2.24, 2.45) is 10.7 Å². The highest BCUT2D eigenvalue weighted by Gasteiger charge is 2.23. The van der Waals surface area contributed by atoms with Gasteiger partial charge in [0.15, 0.2) is 5.96 Å². The molecule has 0 aromatic heterocycles. The van der Waals surface area contributed by atoms with Crippen molar-refractivity contribution in [2.75, 3.05) is 19.6 Å². The van der Waals surface area contributed by atoms with Crippen LogP contribution in [0.4, 0.5) is 4.39 Å². The zero-order valence-electron chi connectivity index (χ0n) is 12.3. The van der Waals surface area contributed by atoms with Crippen molar-refractivity contribution in [3.05, 3.63) is 35.6 Å². The van der Waals surface area contributed by atoms with E-state index in [4.69, 9.17) is 5.73 Å². The zero-order valence-corrected chi connectivity index (χ0v) is 12.3. The van der Waals surface area contributed by atoms with Gasteiger partial charge in [0.1, 0.15) is 5.82 Å². The minimum atomic E-state index is -0.372. The van der Waals surface area contributed by atoms with Gasteiger partial charge in [-0.05, 0) is 25.5 Å². The number of aliphatic imine (C=N–C) groups is 1. The number of halogens is 1. The molecule has 0 spiro atoms. The van der Waals surface area contributed by atoms with Crippen molar-refractivity contribution in [2.45, 2.75) is 33.1 Å². The molecule has 0 aliphatic carbocycles. The molecule has 19 heavy (non-hydrogen) atoms. The second-order valence-corrected chi connectivity index (χ2v) is 5.21. The van der Waals surface area contributed by atoms with Gasteiger partial charge in [-0.15, -0.1) is 0 Å². The molecule has 0 radical (unpaired) electrons. The normalized spacial score (nSPS) is 12.6. The highest BCUT2D eigenvalue weighted by atomic mass is 19.1. The molecule has 0 aliphatic heterocycles. The van der Waals surface area contributed by atoms with Crippen LogP contribution in [0.15, 0.2) is 29.3 Å². The van der Waals surface area contributed by atoms with Gasteiger partial charge in [0.05, 0.1) is 6.54 Å². The Bertz CT molecular complexity index is 437. The standard InChI is InChI=1S/C15H24FN3/c1-5-19(6-2)14(17)18-11-15(3,4)12-9-7-8-10-13(12)16/h7-10H,5-6,11H2,1-4H3,(H2,17,18). The monoisotopic (exact) mass is 265 g/mol. The molecular weight excluding hydrogens is 241 g/mol. The van der Waals surface area contributed by atoms with Crippen molar-refractivity contribution in [1.82, 2.24) is 4.90 Å². The van der Waals surface area contributed by atoms with Crippen molar-refractivity contribution in [1.29, 1.82) is 0 Å². The molecule has 0 aliphatic rings. The molecule has 1 aromatic rings. The van der Waals surface area contributed by atoms with Crippen molar-refractivity contribution < 1.29 is 4.39 Å². The summed E-state index contributed by atoms with van der Waals surface area (Å²) in [6, 6.07) is 6.83. The summed E-state index contributed by atoms with van der Waals surface area (Å²) in [5, 5.41) is 0. The Morgan fingerprint density at radius 1 is 1.26 bits per heavy atom. The Kier molecular flexibility index (Phi) is 5.33. The van der Waals surface area contributed by atoms with E-state index in [1.807, 2.05) is 38.7 Å². The highest BCUT2D eigenvalue weighted by molar-refractivity contribution is 5.78. The van der Waals surface area contributed by atoms with Crippen LogP contribution in [0.3, 0.4) is 0 Å². The maximum atomic E-state index is 13.8. The van der Waals surface area contributed by atoms with E-state index >= 15 is 0 Å². The molecule has 0 amide bonds. The van der Waals surface area contributed by atoms with Gasteiger partial charge in [-0.1, -0.05) is 32.0 Å². The fourth-order valence-electron chi connectivity index (χ4n) is 2.02. The first-order chi connectivity index (χ1) is 8.92. The van der Waals surface area contributed by atoms with Gasteiger partial charge in [-0.25, -0.2) is 4.39 Å². The van der Waals surface area contributed by atoms with Crippen LogP contribution in [-0.4, -0.2) is 30.5 Å². The highest BCUT2D eigenvalue weighted by Crippen LogP contribution is 2.25. The molecule has 0 saturated carbocycles. The molecule has 4 heteroatoms. The van der Waals surface area contributed by atoms with Crippen LogP contribution in [0.25, 0.3) is 0 Å². The van der Waals surface area contributed by atoms with Crippen LogP contribution < -0.4 is 5.73 Å². The van der Waals surface area contributed by atoms with Gasteiger partial charge in [-0.3, -0.25) is 4.99 Å². The Labute approximate surface area is 115 Å². The lowest BCUT2D eigenvalue weighted by Gasteiger charge is -2.25. The van der Waals surface area contributed by atoms with Crippen LogP contribution in [0.1, 0.15) is 33.3 Å². The Morgan fingerprint density at radius 3 is 2.37 bits per heavy atom. The largest absolute Gasteiger partial charge is 0.370 e. The second-order valence-electron chi connectivity index (χ2n) is 5.21. The number of nitrogens with two attached hydrogens (primary N) is 1. The number of guanidine groups is 1. The van der Waals surface area contributed by atoms with Crippen LogP contribution in [0.5, 0.6) is 0 Å². The first-order valence-corrected chi connectivity index (χ1v) is 6.72. The first kappa shape index (κ1) is 15.5. The molecular formula is C15H24FN3. The molecule has 2 N–H and O–H groups in total. The summed E-state index contributed by atoms with van der Waals surface area (Å²) in [6.45, 7) is 10.1. The maximum Gasteiger partial charge on any atom is 0.191 e. The van der Waals surface area contributed by atoms with E-state index < -0.39 is 0 Å². The third kappa shape index (κ3) is 3.94. The van der Waals surface area contributed by atoms with E-state index in [-0.39, 0.29) is 11.2 Å².